The Balaban J connectivity index is 1.92. The molecule has 0 spiro atoms. The SMILES string of the molecule is O=C(c1cc(Cl)ccc1F)N1CCCC1c1ccncc1. The molecule has 2 heterocycles. The third-order valence-electron chi connectivity index (χ3n) is 3.76. The summed E-state index contributed by atoms with van der Waals surface area (Å²) >= 11 is 5.88. The molecule has 1 fully saturated rings. The summed E-state index contributed by atoms with van der Waals surface area (Å²) in [5.41, 5.74) is 1.06. The fourth-order valence-electron chi connectivity index (χ4n) is 2.76. The van der Waals surface area contributed by atoms with E-state index in [4.69, 9.17) is 11.6 Å². The van der Waals surface area contributed by atoms with Gasteiger partial charge in [-0.05, 0) is 48.7 Å². The van der Waals surface area contributed by atoms with E-state index < -0.39 is 5.82 Å². The van der Waals surface area contributed by atoms with Gasteiger partial charge in [-0.15, -0.1) is 0 Å². The third kappa shape index (κ3) is 2.76. The van der Waals surface area contributed by atoms with Crippen molar-refractivity contribution in [3.8, 4) is 0 Å². The number of rotatable bonds is 2. The van der Waals surface area contributed by atoms with Crippen molar-refractivity contribution in [2.75, 3.05) is 6.54 Å². The molecule has 0 bridgehead atoms. The van der Waals surface area contributed by atoms with Crippen LogP contribution in [0.3, 0.4) is 0 Å². The molecular weight excluding hydrogens is 291 g/mol. The molecule has 21 heavy (non-hydrogen) atoms. The van der Waals surface area contributed by atoms with Gasteiger partial charge in [-0.2, -0.15) is 0 Å². The zero-order valence-electron chi connectivity index (χ0n) is 11.3. The van der Waals surface area contributed by atoms with E-state index in [1.54, 1.807) is 17.3 Å². The van der Waals surface area contributed by atoms with Crippen LogP contribution in [0, 0.1) is 5.82 Å². The Labute approximate surface area is 127 Å². The number of benzene rings is 1. The van der Waals surface area contributed by atoms with E-state index in [0.717, 1.165) is 18.4 Å². The minimum atomic E-state index is -0.537. The predicted molar refractivity (Wildman–Crippen MR) is 78.7 cm³/mol. The minimum Gasteiger partial charge on any atom is -0.332 e. The number of carbonyl (C=O) groups excluding carboxylic acids is 1. The number of carbonyl (C=O) groups is 1. The first kappa shape index (κ1) is 14.0. The Morgan fingerprint density at radius 1 is 1.29 bits per heavy atom. The molecular formula is C16H14ClFN2O. The molecule has 1 aliphatic rings. The molecule has 5 heteroatoms. The van der Waals surface area contributed by atoms with Crippen LogP contribution in [0.1, 0.15) is 34.8 Å². The number of aromatic nitrogens is 1. The number of halogens is 2. The first-order chi connectivity index (χ1) is 10.2. The summed E-state index contributed by atoms with van der Waals surface area (Å²) in [5.74, 6) is -0.848. The van der Waals surface area contributed by atoms with Crippen LogP contribution in [0.2, 0.25) is 5.02 Å². The number of nitrogens with zero attached hydrogens (tertiary/aromatic N) is 2. The zero-order valence-corrected chi connectivity index (χ0v) is 12.1. The van der Waals surface area contributed by atoms with Gasteiger partial charge in [0, 0.05) is 24.0 Å². The summed E-state index contributed by atoms with van der Waals surface area (Å²) in [6.07, 6.45) is 5.19. The van der Waals surface area contributed by atoms with Crippen molar-refractivity contribution in [3.05, 3.63) is 64.7 Å². The second kappa shape index (κ2) is 5.82. The lowest BCUT2D eigenvalue weighted by atomic mass is 10.1. The number of amides is 1. The van der Waals surface area contributed by atoms with Crippen molar-refractivity contribution in [2.24, 2.45) is 0 Å². The lowest BCUT2D eigenvalue weighted by molar-refractivity contribution is 0.0731. The zero-order chi connectivity index (χ0) is 14.8. The maximum atomic E-state index is 13.9. The highest BCUT2D eigenvalue weighted by Crippen LogP contribution is 2.33. The molecule has 0 N–H and O–H groups in total. The van der Waals surface area contributed by atoms with Gasteiger partial charge in [-0.3, -0.25) is 9.78 Å². The summed E-state index contributed by atoms with van der Waals surface area (Å²) in [6, 6.07) is 7.82. The molecule has 3 nitrogen and oxygen atoms in total. The average molecular weight is 305 g/mol. The molecule has 1 aliphatic heterocycles. The standard InChI is InChI=1S/C16H14ClFN2O/c17-12-3-4-14(18)13(10-12)16(21)20-9-1-2-15(20)11-5-7-19-8-6-11/h3-8,10,15H,1-2,9H2. The Morgan fingerprint density at radius 2 is 2.05 bits per heavy atom. The van der Waals surface area contributed by atoms with Crippen LogP contribution in [0.15, 0.2) is 42.7 Å². The van der Waals surface area contributed by atoms with Crippen LogP contribution in [-0.2, 0) is 0 Å². The maximum absolute atomic E-state index is 13.9. The molecule has 108 valence electrons. The first-order valence-corrected chi connectivity index (χ1v) is 7.20. The van der Waals surface area contributed by atoms with Crippen molar-refractivity contribution in [1.82, 2.24) is 9.88 Å². The molecule has 1 amide bonds. The van der Waals surface area contributed by atoms with Gasteiger partial charge in [0.25, 0.3) is 5.91 Å². The normalized spacial score (nSPS) is 18.0. The van der Waals surface area contributed by atoms with Crippen LogP contribution in [-0.4, -0.2) is 22.3 Å². The monoisotopic (exact) mass is 304 g/mol. The van der Waals surface area contributed by atoms with Crippen molar-refractivity contribution >= 4 is 17.5 Å². The fraction of sp³-hybridized carbons (Fsp3) is 0.250. The summed E-state index contributed by atoms with van der Waals surface area (Å²) < 4.78 is 13.9. The molecule has 1 unspecified atom stereocenters. The van der Waals surface area contributed by atoms with Gasteiger partial charge in [0.1, 0.15) is 5.82 Å². The second-order valence-electron chi connectivity index (χ2n) is 5.06. The van der Waals surface area contributed by atoms with Gasteiger partial charge in [0.05, 0.1) is 11.6 Å². The highest BCUT2D eigenvalue weighted by Gasteiger charge is 2.31. The van der Waals surface area contributed by atoms with E-state index in [1.807, 2.05) is 12.1 Å². The van der Waals surface area contributed by atoms with E-state index in [-0.39, 0.29) is 17.5 Å². The number of hydrogen-bond donors (Lipinski definition) is 0. The Kier molecular flexibility index (Phi) is 3.88. The topological polar surface area (TPSA) is 33.2 Å². The van der Waals surface area contributed by atoms with Crippen molar-refractivity contribution < 1.29 is 9.18 Å². The molecule has 1 aromatic heterocycles. The molecule has 0 saturated carbocycles. The van der Waals surface area contributed by atoms with Crippen molar-refractivity contribution in [1.29, 1.82) is 0 Å². The summed E-state index contributed by atoms with van der Waals surface area (Å²) in [4.78, 5) is 18.3. The summed E-state index contributed by atoms with van der Waals surface area (Å²) in [6.45, 7) is 0.623. The van der Waals surface area contributed by atoms with Gasteiger partial charge in [-0.25, -0.2) is 4.39 Å². The van der Waals surface area contributed by atoms with Crippen LogP contribution in [0.4, 0.5) is 4.39 Å². The highest BCUT2D eigenvalue weighted by molar-refractivity contribution is 6.31. The molecule has 0 aliphatic carbocycles. The molecule has 0 radical (unpaired) electrons. The van der Waals surface area contributed by atoms with Gasteiger partial charge in [-0.1, -0.05) is 11.6 Å². The summed E-state index contributed by atoms with van der Waals surface area (Å²) in [5, 5.41) is 0.361. The highest BCUT2D eigenvalue weighted by atomic mass is 35.5. The lowest BCUT2D eigenvalue weighted by Crippen LogP contribution is -2.31. The number of pyridine rings is 1. The smallest absolute Gasteiger partial charge is 0.257 e. The van der Waals surface area contributed by atoms with E-state index in [2.05, 4.69) is 4.98 Å². The van der Waals surface area contributed by atoms with E-state index >= 15 is 0 Å². The number of hydrogen-bond acceptors (Lipinski definition) is 2. The fourth-order valence-corrected chi connectivity index (χ4v) is 2.93. The van der Waals surface area contributed by atoms with Crippen LogP contribution in [0.25, 0.3) is 0 Å². The van der Waals surface area contributed by atoms with Crippen LogP contribution >= 0.6 is 11.6 Å². The first-order valence-electron chi connectivity index (χ1n) is 6.83. The van der Waals surface area contributed by atoms with Gasteiger partial charge < -0.3 is 4.90 Å². The largest absolute Gasteiger partial charge is 0.332 e. The van der Waals surface area contributed by atoms with Crippen LogP contribution in [0.5, 0.6) is 0 Å². The van der Waals surface area contributed by atoms with Gasteiger partial charge >= 0.3 is 0 Å². The summed E-state index contributed by atoms with van der Waals surface area (Å²) in [7, 11) is 0. The lowest BCUT2D eigenvalue weighted by Gasteiger charge is -2.25. The van der Waals surface area contributed by atoms with Crippen LogP contribution < -0.4 is 0 Å². The third-order valence-corrected chi connectivity index (χ3v) is 4.00. The van der Waals surface area contributed by atoms with Crippen molar-refractivity contribution in [3.63, 3.8) is 0 Å². The molecule has 1 aromatic carbocycles. The Hall–Kier alpha value is -1.94. The Morgan fingerprint density at radius 3 is 2.81 bits per heavy atom. The maximum Gasteiger partial charge on any atom is 0.257 e. The molecule has 1 atom stereocenters. The molecule has 2 aromatic rings. The second-order valence-corrected chi connectivity index (χ2v) is 5.50. The predicted octanol–water partition coefficient (Wildman–Crippen LogP) is 3.85. The Bertz CT molecular complexity index is 663. The van der Waals surface area contributed by atoms with Crippen molar-refractivity contribution in [2.45, 2.75) is 18.9 Å². The van der Waals surface area contributed by atoms with E-state index in [1.165, 1.54) is 18.2 Å². The average Bonchev–Trinajstić information content (AvgIpc) is 2.99. The molecule has 3 rings (SSSR count). The van der Waals surface area contributed by atoms with Gasteiger partial charge in [0.15, 0.2) is 0 Å². The van der Waals surface area contributed by atoms with E-state index in [0.29, 0.717) is 11.6 Å². The quantitative estimate of drug-likeness (QED) is 0.844. The van der Waals surface area contributed by atoms with E-state index in [9.17, 15) is 9.18 Å². The number of likely N-dealkylation sites (tertiary alicyclic amines) is 1. The van der Waals surface area contributed by atoms with Gasteiger partial charge in [0.2, 0.25) is 0 Å². The molecule has 1 saturated heterocycles. The minimum absolute atomic E-state index is 0.0288.